The van der Waals surface area contributed by atoms with Crippen molar-refractivity contribution < 1.29 is 4.79 Å². The zero-order chi connectivity index (χ0) is 13.7. The van der Waals surface area contributed by atoms with E-state index in [1.54, 1.807) is 30.8 Å². The second kappa shape index (κ2) is 6.09. The Bertz CT molecular complexity index is 654. The first-order chi connectivity index (χ1) is 9.20. The minimum absolute atomic E-state index is 0.212. The average molecular weight is 272 g/mol. The van der Waals surface area contributed by atoms with E-state index >= 15 is 0 Å². The fourth-order valence-corrected chi connectivity index (χ4v) is 2.12. The topological polar surface area (TPSA) is 80.9 Å². The third-order valence-corrected chi connectivity index (χ3v) is 3.22. The predicted molar refractivity (Wildman–Crippen MR) is 75.0 cm³/mol. The molecule has 2 rings (SSSR count). The van der Waals surface area contributed by atoms with Crippen LogP contribution in [0.5, 0.6) is 0 Å². The summed E-state index contributed by atoms with van der Waals surface area (Å²) in [6.07, 6.45) is 1.59. The number of anilines is 1. The van der Waals surface area contributed by atoms with Gasteiger partial charge in [0.2, 0.25) is 0 Å². The number of carbonyl (C=O) groups is 1. The Kier molecular flexibility index (Phi) is 4.23. The molecule has 0 atom stereocenters. The van der Waals surface area contributed by atoms with Crippen LogP contribution in [-0.4, -0.2) is 22.4 Å². The van der Waals surface area contributed by atoms with Gasteiger partial charge in [-0.15, -0.1) is 11.3 Å². The SMILES string of the molecule is Cc1ncsc1C(=O)Nc1cc(C#CCN)ccn1. The highest BCUT2D eigenvalue weighted by Crippen LogP contribution is 2.14. The highest BCUT2D eigenvalue weighted by atomic mass is 32.1. The maximum Gasteiger partial charge on any atom is 0.268 e. The van der Waals surface area contributed by atoms with Crippen molar-refractivity contribution in [1.29, 1.82) is 0 Å². The van der Waals surface area contributed by atoms with Gasteiger partial charge in [-0.1, -0.05) is 11.8 Å². The third kappa shape index (κ3) is 3.37. The van der Waals surface area contributed by atoms with Crippen LogP contribution in [0.1, 0.15) is 20.9 Å². The Morgan fingerprint density at radius 3 is 3.05 bits per heavy atom. The Morgan fingerprint density at radius 1 is 1.53 bits per heavy atom. The first-order valence-corrected chi connectivity index (χ1v) is 6.45. The molecule has 5 nitrogen and oxygen atoms in total. The van der Waals surface area contributed by atoms with E-state index in [2.05, 4.69) is 27.1 Å². The van der Waals surface area contributed by atoms with E-state index < -0.39 is 0 Å². The number of thiazole rings is 1. The molecule has 96 valence electrons. The van der Waals surface area contributed by atoms with Crippen LogP contribution in [-0.2, 0) is 0 Å². The van der Waals surface area contributed by atoms with Crippen LogP contribution < -0.4 is 11.1 Å². The Labute approximate surface area is 114 Å². The molecule has 0 aromatic carbocycles. The smallest absolute Gasteiger partial charge is 0.268 e. The molecule has 0 radical (unpaired) electrons. The van der Waals surface area contributed by atoms with Gasteiger partial charge in [0, 0.05) is 11.8 Å². The summed E-state index contributed by atoms with van der Waals surface area (Å²) in [5.41, 5.74) is 8.42. The number of aromatic nitrogens is 2. The molecule has 0 fully saturated rings. The molecule has 6 heteroatoms. The lowest BCUT2D eigenvalue weighted by Crippen LogP contribution is -2.12. The van der Waals surface area contributed by atoms with Gasteiger partial charge in [-0.25, -0.2) is 9.97 Å². The van der Waals surface area contributed by atoms with Gasteiger partial charge in [0.1, 0.15) is 10.7 Å². The number of carbonyl (C=O) groups excluding carboxylic acids is 1. The van der Waals surface area contributed by atoms with E-state index in [1.165, 1.54) is 11.3 Å². The second-order valence-corrected chi connectivity index (χ2v) is 4.51. The maximum absolute atomic E-state index is 12.0. The van der Waals surface area contributed by atoms with E-state index in [1.807, 2.05) is 0 Å². The van der Waals surface area contributed by atoms with Crippen molar-refractivity contribution in [2.24, 2.45) is 5.73 Å². The molecular formula is C13H12N4OS. The van der Waals surface area contributed by atoms with Crippen molar-refractivity contribution >= 4 is 23.1 Å². The highest BCUT2D eigenvalue weighted by Gasteiger charge is 2.12. The van der Waals surface area contributed by atoms with Crippen LogP contribution in [0.25, 0.3) is 0 Å². The molecule has 0 aliphatic heterocycles. The first-order valence-electron chi connectivity index (χ1n) is 5.57. The fourth-order valence-electron chi connectivity index (χ4n) is 1.42. The zero-order valence-electron chi connectivity index (χ0n) is 10.3. The molecule has 0 saturated heterocycles. The van der Waals surface area contributed by atoms with Crippen LogP contribution in [0.15, 0.2) is 23.8 Å². The van der Waals surface area contributed by atoms with E-state index in [9.17, 15) is 4.79 Å². The van der Waals surface area contributed by atoms with Crippen LogP contribution in [0.3, 0.4) is 0 Å². The lowest BCUT2D eigenvalue weighted by molar-refractivity contribution is 0.102. The molecule has 0 bridgehead atoms. The van der Waals surface area contributed by atoms with E-state index in [0.717, 1.165) is 5.56 Å². The number of nitrogens with two attached hydrogens (primary N) is 1. The summed E-state index contributed by atoms with van der Waals surface area (Å²) in [6, 6.07) is 3.47. The monoisotopic (exact) mass is 272 g/mol. The van der Waals surface area contributed by atoms with Crippen LogP contribution in [0, 0.1) is 18.8 Å². The highest BCUT2D eigenvalue weighted by molar-refractivity contribution is 7.12. The van der Waals surface area contributed by atoms with Gasteiger partial charge in [-0.2, -0.15) is 0 Å². The number of rotatable bonds is 2. The van der Waals surface area contributed by atoms with Crippen molar-refractivity contribution in [3.63, 3.8) is 0 Å². The number of aryl methyl sites for hydroxylation is 1. The van der Waals surface area contributed by atoms with E-state index in [0.29, 0.717) is 22.9 Å². The van der Waals surface area contributed by atoms with Crippen molar-refractivity contribution in [2.75, 3.05) is 11.9 Å². The molecule has 19 heavy (non-hydrogen) atoms. The molecule has 2 aromatic heterocycles. The lowest BCUT2D eigenvalue weighted by atomic mass is 10.2. The van der Waals surface area contributed by atoms with Crippen LogP contribution in [0.4, 0.5) is 5.82 Å². The molecule has 0 saturated carbocycles. The standard InChI is InChI=1S/C13H12N4OS/c1-9-12(19-8-16-9)13(18)17-11-7-10(3-2-5-14)4-6-15-11/h4,6-8H,5,14H2,1H3,(H,15,17,18). The molecule has 0 aliphatic rings. The molecule has 0 spiro atoms. The number of nitrogens with zero attached hydrogens (tertiary/aromatic N) is 2. The predicted octanol–water partition coefficient (Wildman–Crippen LogP) is 1.41. The van der Waals surface area contributed by atoms with Gasteiger partial charge < -0.3 is 11.1 Å². The van der Waals surface area contributed by atoms with Gasteiger partial charge >= 0.3 is 0 Å². The molecule has 1 amide bonds. The molecule has 3 N–H and O–H groups in total. The Morgan fingerprint density at radius 2 is 2.37 bits per heavy atom. The van der Waals surface area contributed by atoms with Crippen molar-refractivity contribution in [1.82, 2.24) is 9.97 Å². The lowest BCUT2D eigenvalue weighted by Gasteiger charge is -2.03. The third-order valence-electron chi connectivity index (χ3n) is 2.29. The van der Waals surface area contributed by atoms with Crippen molar-refractivity contribution in [2.45, 2.75) is 6.92 Å². The van der Waals surface area contributed by atoms with Gasteiger partial charge in [-0.05, 0) is 19.1 Å². The summed E-state index contributed by atoms with van der Waals surface area (Å²) in [5.74, 6) is 5.89. The molecule has 2 heterocycles. The van der Waals surface area contributed by atoms with Gasteiger partial charge in [-0.3, -0.25) is 4.79 Å². The van der Waals surface area contributed by atoms with E-state index in [-0.39, 0.29) is 5.91 Å². The number of hydrogen-bond acceptors (Lipinski definition) is 5. The maximum atomic E-state index is 12.0. The minimum atomic E-state index is -0.212. The quantitative estimate of drug-likeness (QED) is 0.810. The molecular weight excluding hydrogens is 260 g/mol. The Balaban J connectivity index is 2.15. The van der Waals surface area contributed by atoms with Gasteiger partial charge in [0.15, 0.2) is 0 Å². The molecule has 0 unspecified atom stereocenters. The number of nitrogens with one attached hydrogen (secondary N) is 1. The second-order valence-electron chi connectivity index (χ2n) is 3.66. The first kappa shape index (κ1) is 13.2. The Hall–Kier alpha value is -2.23. The normalized spacial score (nSPS) is 9.58. The number of hydrogen-bond donors (Lipinski definition) is 2. The van der Waals surface area contributed by atoms with Crippen LogP contribution in [0.2, 0.25) is 0 Å². The summed E-state index contributed by atoms with van der Waals surface area (Å²) in [4.78, 5) is 20.7. The van der Waals surface area contributed by atoms with Gasteiger partial charge in [0.05, 0.1) is 17.7 Å². The van der Waals surface area contributed by atoms with Crippen molar-refractivity contribution in [3.05, 3.63) is 40.0 Å². The summed E-state index contributed by atoms with van der Waals surface area (Å²) in [5, 5.41) is 2.72. The largest absolute Gasteiger partial charge is 0.320 e. The zero-order valence-corrected chi connectivity index (χ0v) is 11.1. The van der Waals surface area contributed by atoms with Crippen LogP contribution >= 0.6 is 11.3 Å². The summed E-state index contributed by atoms with van der Waals surface area (Å²) in [6.45, 7) is 2.09. The van der Waals surface area contributed by atoms with Gasteiger partial charge in [0.25, 0.3) is 5.91 Å². The summed E-state index contributed by atoms with van der Waals surface area (Å²) >= 11 is 1.30. The molecule has 0 aliphatic carbocycles. The average Bonchev–Trinajstić information content (AvgIpc) is 2.83. The summed E-state index contributed by atoms with van der Waals surface area (Å²) < 4.78 is 0. The molecule has 2 aromatic rings. The van der Waals surface area contributed by atoms with E-state index in [4.69, 9.17) is 5.73 Å². The number of pyridine rings is 1. The summed E-state index contributed by atoms with van der Waals surface area (Å²) in [7, 11) is 0. The minimum Gasteiger partial charge on any atom is -0.320 e. The number of amides is 1. The van der Waals surface area contributed by atoms with Crippen molar-refractivity contribution in [3.8, 4) is 11.8 Å². The fraction of sp³-hybridized carbons (Fsp3) is 0.154.